The lowest BCUT2D eigenvalue weighted by Gasteiger charge is -2.43. The first kappa shape index (κ1) is 24.1. The normalized spacial score (nSPS) is 20.6. The molecule has 0 unspecified atom stereocenters. The molecule has 2 bridgehead atoms. The van der Waals surface area contributed by atoms with Gasteiger partial charge >= 0.3 is 6.09 Å². The molecule has 192 valence electrons. The van der Waals surface area contributed by atoms with Gasteiger partial charge in [0.1, 0.15) is 17.9 Å². The molecule has 1 aromatic heterocycles. The van der Waals surface area contributed by atoms with Crippen molar-refractivity contribution in [3.8, 4) is 11.1 Å². The Balaban J connectivity index is 1.20. The zero-order chi connectivity index (χ0) is 25.9. The molecule has 3 aliphatic rings. The summed E-state index contributed by atoms with van der Waals surface area (Å²) in [5.41, 5.74) is 5.71. The standard InChI is InChI=1S/C30H29N5O3/c36-20-22-9-11-28-27(18-22)32-33-35(28)14-4-5-21-8-10-25(23-6-2-1-3-7-23)26(17-21)31-30(37)38-29-19-34-15-12-24(29)13-16-34/h1-11,17-18,20,24,29H,12-16,19H2,(H,31,37)/b5-4+/t29-/m0/s1. The van der Waals surface area contributed by atoms with Gasteiger partial charge in [-0.2, -0.15) is 0 Å². The lowest BCUT2D eigenvalue weighted by molar-refractivity contribution is -0.0289. The van der Waals surface area contributed by atoms with Crippen molar-refractivity contribution < 1.29 is 14.3 Å². The number of carbonyl (C=O) groups excluding carboxylic acids is 2. The van der Waals surface area contributed by atoms with Gasteiger partial charge in [-0.15, -0.1) is 5.10 Å². The number of nitrogens with one attached hydrogen (secondary N) is 1. The number of hydrogen-bond acceptors (Lipinski definition) is 6. The topological polar surface area (TPSA) is 89.3 Å². The molecule has 0 radical (unpaired) electrons. The molecule has 0 spiro atoms. The first-order valence-corrected chi connectivity index (χ1v) is 13.0. The van der Waals surface area contributed by atoms with Crippen molar-refractivity contribution in [1.82, 2.24) is 19.9 Å². The molecule has 3 aromatic carbocycles. The summed E-state index contributed by atoms with van der Waals surface area (Å²) in [6.45, 7) is 3.53. The Morgan fingerprint density at radius 1 is 1.03 bits per heavy atom. The molecular formula is C30H29N5O3. The Hall–Kier alpha value is -4.30. The summed E-state index contributed by atoms with van der Waals surface area (Å²) in [6, 6.07) is 21.3. The smallest absolute Gasteiger partial charge is 0.411 e. The minimum atomic E-state index is -0.411. The van der Waals surface area contributed by atoms with Crippen molar-refractivity contribution in [2.45, 2.75) is 25.5 Å². The summed E-state index contributed by atoms with van der Waals surface area (Å²) in [6.07, 6.45) is 6.50. The number of rotatable bonds is 7. The summed E-state index contributed by atoms with van der Waals surface area (Å²) in [5, 5.41) is 11.4. The van der Waals surface area contributed by atoms with E-state index in [2.05, 4.69) is 20.5 Å². The second kappa shape index (κ2) is 10.6. The molecule has 1 atom stereocenters. The van der Waals surface area contributed by atoms with Gasteiger partial charge in [0, 0.05) is 17.7 Å². The second-order valence-electron chi connectivity index (χ2n) is 9.92. The van der Waals surface area contributed by atoms with Crippen LogP contribution >= 0.6 is 0 Å². The van der Waals surface area contributed by atoms with E-state index in [1.807, 2.05) is 66.7 Å². The molecule has 7 rings (SSSR count). The fourth-order valence-corrected chi connectivity index (χ4v) is 5.45. The maximum absolute atomic E-state index is 13.0. The average Bonchev–Trinajstić information content (AvgIpc) is 3.36. The lowest BCUT2D eigenvalue weighted by atomic mass is 9.86. The van der Waals surface area contributed by atoms with E-state index < -0.39 is 6.09 Å². The molecule has 3 aliphatic heterocycles. The fraction of sp³-hybridized carbons (Fsp3) is 0.267. The van der Waals surface area contributed by atoms with Crippen molar-refractivity contribution >= 4 is 35.2 Å². The van der Waals surface area contributed by atoms with Crippen molar-refractivity contribution in [1.29, 1.82) is 0 Å². The zero-order valence-corrected chi connectivity index (χ0v) is 21.0. The molecule has 3 saturated heterocycles. The number of hydrogen-bond donors (Lipinski definition) is 1. The predicted octanol–water partition coefficient (Wildman–Crippen LogP) is 5.27. The largest absolute Gasteiger partial charge is 0.444 e. The lowest BCUT2D eigenvalue weighted by Crippen LogP contribution is -2.52. The maximum Gasteiger partial charge on any atom is 0.411 e. The molecule has 0 saturated carbocycles. The van der Waals surface area contributed by atoms with Crippen LogP contribution in [0.4, 0.5) is 10.5 Å². The summed E-state index contributed by atoms with van der Waals surface area (Å²) in [4.78, 5) is 26.4. The van der Waals surface area contributed by atoms with Gasteiger partial charge in [-0.25, -0.2) is 9.48 Å². The summed E-state index contributed by atoms with van der Waals surface area (Å²) in [5.74, 6) is 0.450. The van der Waals surface area contributed by atoms with Crippen molar-refractivity contribution in [2.24, 2.45) is 5.92 Å². The van der Waals surface area contributed by atoms with Crippen LogP contribution in [0.25, 0.3) is 28.2 Å². The SMILES string of the molecule is O=Cc1ccc2c(c1)nnn2C/C=C/c1ccc(-c2ccccc2)c(NC(=O)O[C@H]2CN3CCC2CC3)c1. The summed E-state index contributed by atoms with van der Waals surface area (Å²) in [7, 11) is 0. The number of aldehydes is 1. The Labute approximate surface area is 220 Å². The van der Waals surface area contributed by atoms with E-state index in [9.17, 15) is 9.59 Å². The first-order chi connectivity index (χ1) is 18.7. The molecule has 4 aromatic rings. The monoisotopic (exact) mass is 507 g/mol. The van der Waals surface area contributed by atoms with Gasteiger partial charge in [0.05, 0.1) is 17.7 Å². The minimum Gasteiger partial charge on any atom is -0.444 e. The van der Waals surface area contributed by atoms with Crippen LogP contribution in [0.15, 0.2) is 72.8 Å². The van der Waals surface area contributed by atoms with Gasteiger partial charge in [-0.3, -0.25) is 15.0 Å². The Morgan fingerprint density at radius 3 is 2.61 bits per heavy atom. The molecular weight excluding hydrogens is 478 g/mol. The van der Waals surface area contributed by atoms with Crippen LogP contribution in [-0.4, -0.2) is 58.0 Å². The Bertz CT molecular complexity index is 1490. The third kappa shape index (κ3) is 5.08. The molecule has 1 amide bonds. The van der Waals surface area contributed by atoms with Gasteiger partial charge in [0.2, 0.25) is 0 Å². The fourth-order valence-electron chi connectivity index (χ4n) is 5.45. The quantitative estimate of drug-likeness (QED) is 0.343. The van der Waals surface area contributed by atoms with E-state index in [0.717, 1.165) is 61.0 Å². The van der Waals surface area contributed by atoms with Crippen LogP contribution in [0, 0.1) is 5.92 Å². The number of carbonyl (C=O) groups is 2. The number of piperidine rings is 3. The van der Waals surface area contributed by atoms with Gasteiger partial charge in [-0.05, 0) is 67.2 Å². The number of fused-ring (bicyclic) bond motifs is 4. The maximum atomic E-state index is 13.0. The van der Waals surface area contributed by atoms with E-state index in [0.29, 0.717) is 29.2 Å². The molecule has 0 aliphatic carbocycles. The van der Waals surface area contributed by atoms with Crippen LogP contribution < -0.4 is 5.32 Å². The number of ether oxygens (including phenoxy) is 1. The molecule has 4 heterocycles. The second-order valence-corrected chi connectivity index (χ2v) is 9.92. The Morgan fingerprint density at radius 2 is 1.84 bits per heavy atom. The van der Waals surface area contributed by atoms with Crippen LogP contribution in [-0.2, 0) is 11.3 Å². The number of aromatic nitrogens is 3. The summed E-state index contributed by atoms with van der Waals surface area (Å²) >= 11 is 0. The highest BCUT2D eigenvalue weighted by atomic mass is 16.6. The number of amides is 1. The zero-order valence-electron chi connectivity index (χ0n) is 21.0. The molecule has 8 nitrogen and oxygen atoms in total. The summed E-state index contributed by atoms with van der Waals surface area (Å²) < 4.78 is 7.68. The Kier molecular flexibility index (Phi) is 6.71. The van der Waals surface area contributed by atoms with Crippen LogP contribution in [0.1, 0.15) is 28.8 Å². The van der Waals surface area contributed by atoms with Gasteiger partial charge in [-0.1, -0.05) is 59.8 Å². The van der Waals surface area contributed by atoms with E-state index in [4.69, 9.17) is 4.74 Å². The number of anilines is 1. The van der Waals surface area contributed by atoms with Crippen molar-refractivity contribution in [3.05, 3.63) is 83.9 Å². The highest BCUT2D eigenvalue weighted by Crippen LogP contribution is 2.32. The van der Waals surface area contributed by atoms with Gasteiger partial charge in [0.15, 0.2) is 0 Å². The van der Waals surface area contributed by atoms with E-state index in [1.165, 1.54) is 0 Å². The first-order valence-electron chi connectivity index (χ1n) is 13.0. The van der Waals surface area contributed by atoms with Crippen LogP contribution in [0.2, 0.25) is 0 Å². The van der Waals surface area contributed by atoms with Gasteiger partial charge in [0.25, 0.3) is 0 Å². The van der Waals surface area contributed by atoms with Crippen LogP contribution in [0.5, 0.6) is 0 Å². The number of allylic oxidation sites excluding steroid dienone is 1. The van der Waals surface area contributed by atoms with Crippen molar-refractivity contribution in [2.75, 3.05) is 25.0 Å². The third-order valence-electron chi connectivity index (χ3n) is 7.48. The van der Waals surface area contributed by atoms with E-state index in [1.54, 1.807) is 16.8 Å². The molecule has 38 heavy (non-hydrogen) atoms. The van der Waals surface area contributed by atoms with Gasteiger partial charge < -0.3 is 4.74 Å². The van der Waals surface area contributed by atoms with Crippen LogP contribution in [0.3, 0.4) is 0 Å². The number of nitrogens with zero attached hydrogens (tertiary/aromatic N) is 4. The minimum absolute atomic E-state index is 0.0548. The molecule has 8 heteroatoms. The highest BCUT2D eigenvalue weighted by Gasteiger charge is 2.36. The highest BCUT2D eigenvalue weighted by molar-refractivity contribution is 5.92. The average molecular weight is 508 g/mol. The molecule has 3 fully saturated rings. The number of benzene rings is 3. The van der Waals surface area contributed by atoms with E-state index >= 15 is 0 Å². The predicted molar refractivity (Wildman–Crippen MR) is 147 cm³/mol. The molecule has 1 N–H and O–H groups in total. The third-order valence-corrected chi connectivity index (χ3v) is 7.48. The van der Waals surface area contributed by atoms with Crippen molar-refractivity contribution in [3.63, 3.8) is 0 Å². The van der Waals surface area contributed by atoms with E-state index in [-0.39, 0.29) is 6.10 Å².